The fourth-order valence-corrected chi connectivity index (χ4v) is 2.18. The fraction of sp³-hybridized carbons (Fsp3) is 0.500. The van der Waals surface area contributed by atoms with Crippen molar-refractivity contribution in [2.24, 2.45) is 11.7 Å². The third kappa shape index (κ3) is 4.69. The Balaban J connectivity index is 2.62. The van der Waals surface area contributed by atoms with E-state index in [1.165, 1.54) is 6.20 Å². The minimum absolute atomic E-state index is 0.0976. The van der Waals surface area contributed by atoms with Gasteiger partial charge in [-0.05, 0) is 44.3 Å². The summed E-state index contributed by atoms with van der Waals surface area (Å²) in [5, 5.41) is 2.70. The van der Waals surface area contributed by atoms with Gasteiger partial charge in [0.15, 0.2) is 5.82 Å². The summed E-state index contributed by atoms with van der Waals surface area (Å²) in [6, 6.07) is 0. The zero-order valence-electron chi connectivity index (χ0n) is 9.41. The van der Waals surface area contributed by atoms with Gasteiger partial charge in [-0.2, -0.15) is 0 Å². The van der Waals surface area contributed by atoms with E-state index in [1.54, 1.807) is 0 Å². The summed E-state index contributed by atoms with van der Waals surface area (Å²) in [6.45, 7) is 2.53. The first-order chi connectivity index (χ1) is 8.06. The van der Waals surface area contributed by atoms with Crippen LogP contribution < -0.4 is 11.1 Å². The van der Waals surface area contributed by atoms with Gasteiger partial charge < -0.3 is 11.1 Å². The molecular formula is C10H14Br2N4O. The standard InChI is InChI=1S/C10H14Br2N4O/c1-2-6(4-13)3-8(17)16-10-9(12)15-7(11)5-14-10/h5-6H,2-4,13H2,1H3,(H,14,16,17). The summed E-state index contributed by atoms with van der Waals surface area (Å²) in [4.78, 5) is 19.8. The number of hydrogen-bond acceptors (Lipinski definition) is 4. The van der Waals surface area contributed by atoms with Crippen LogP contribution in [0, 0.1) is 5.92 Å². The van der Waals surface area contributed by atoms with Crippen molar-refractivity contribution in [2.45, 2.75) is 19.8 Å². The molecule has 94 valence electrons. The quantitative estimate of drug-likeness (QED) is 0.838. The molecule has 0 aliphatic rings. The Morgan fingerprint density at radius 3 is 2.82 bits per heavy atom. The van der Waals surface area contributed by atoms with Crippen LogP contribution in [-0.2, 0) is 4.79 Å². The molecule has 17 heavy (non-hydrogen) atoms. The average molecular weight is 366 g/mol. The van der Waals surface area contributed by atoms with Crippen molar-refractivity contribution in [3.05, 3.63) is 15.4 Å². The first-order valence-electron chi connectivity index (χ1n) is 5.24. The first kappa shape index (κ1) is 14.5. The smallest absolute Gasteiger partial charge is 0.225 e. The van der Waals surface area contributed by atoms with Crippen molar-refractivity contribution in [2.75, 3.05) is 11.9 Å². The Morgan fingerprint density at radius 2 is 2.29 bits per heavy atom. The highest BCUT2D eigenvalue weighted by atomic mass is 79.9. The monoisotopic (exact) mass is 364 g/mol. The molecule has 3 N–H and O–H groups in total. The van der Waals surface area contributed by atoms with Crippen LogP contribution in [0.15, 0.2) is 15.4 Å². The highest BCUT2D eigenvalue weighted by molar-refractivity contribution is 9.11. The number of rotatable bonds is 5. The zero-order valence-corrected chi connectivity index (χ0v) is 12.6. The minimum Gasteiger partial charge on any atom is -0.330 e. The van der Waals surface area contributed by atoms with Crippen LogP contribution in [0.1, 0.15) is 19.8 Å². The second-order valence-corrected chi connectivity index (χ2v) is 5.16. The van der Waals surface area contributed by atoms with Crippen molar-refractivity contribution in [3.63, 3.8) is 0 Å². The summed E-state index contributed by atoms with van der Waals surface area (Å²) in [5.74, 6) is 0.530. The van der Waals surface area contributed by atoms with Gasteiger partial charge in [0, 0.05) is 6.42 Å². The molecule has 0 aliphatic heterocycles. The zero-order chi connectivity index (χ0) is 12.8. The average Bonchev–Trinajstić information content (AvgIpc) is 2.29. The maximum absolute atomic E-state index is 11.7. The molecule has 0 fully saturated rings. The molecule has 1 heterocycles. The number of anilines is 1. The molecule has 1 rings (SSSR count). The van der Waals surface area contributed by atoms with E-state index in [2.05, 4.69) is 47.1 Å². The number of carbonyl (C=O) groups is 1. The molecule has 0 bridgehead atoms. The largest absolute Gasteiger partial charge is 0.330 e. The topological polar surface area (TPSA) is 80.9 Å². The van der Waals surface area contributed by atoms with Crippen LogP contribution in [0.3, 0.4) is 0 Å². The van der Waals surface area contributed by atoms with Gasteiger partial charge in [0.05, 0.1) is 6.20 Å². The third-order valence-corrected chi connectivity index (χ3v) is 3.28. The molecule has 0 saturated heterocycles. The van der Waals surface area contributed by atoms with E-state index < -0.39 is 0 Å². The lowest BCUT2D eigenvalue weighted by Gasteiger charge is -2.11. The van der Waals surface area contributed by atoms with Gasteiger partial charge in [-0.3, -0.25) is 4.79 Å². The number of halogens is 2. The van der Waals surface area contributed by atoms with Crippen LogP contribution in [0.2, 0.25) is 0 Å². The molecule has 1 amide bonds. The molecule has 0 spiro atoms. The lowest BCUT2D eigenvalue weighted by molar-refractivity contribution is -0.117. The molecule has 7 heteroatoms. The highest BCUT2D eigenvalue weighted by Crippen LogP contribution is 2.20. The maximum Gasteiger partial charge on any atom is 0.225 e. The number of carbonyl (C=O) groups excluding carboxylic acids is 1. The summed E-state index contributed by atoms with van der Waals surface area (Å²) >= 11 is 6.43. The summed E-state index contributed by atoms with van der Waals surface area (Å²) < 4.78 is 1.11. The molecule has 1 unspecified atom stereocenters. The molecule has 1 aromatic heterocycles. The van der Waals surface area contributed by atoms with Gasteiger partial charge in [0.1, 0.15) is 9.21 Å². The predicted molar refractivity (Wildman–Crippen MR) is 73.5 cm³/mol. The first-order valence-corrected chi connectivity index (χ1v) is 6.83. The van der Waals surface area contributed by atoms with E-state index in [1.807, 2.05) is 6.92 Å². The number of nitrogens with zero attached hydrogens (tertiary/aromatic N) is 2. The lowest BCUT2D eigenvalue weighted by Crippen LogP contribution is -2.22. The molecule has 0 aliphatic carbocycles. The number of nitrogens with two attached hydrogens (primary N) is 1. The van der Waals surface area contributed by atoms with E-state index in [4.69, 9.17) is 5.73 Å². The Labute approximate surface area is 117 Å². The van der Waals surface area contributed by atoms with Crippen LogP contribution in [0.4, 0.5) is 5.82 Å². The molecule has 1 aromatic rings. The van der Waals surface area contributed by atoms with E-state index >= 15 is 0 Å². The SMILES string of the molecule is CCC(CN)CC(=O)Nc1ncc(Br)nc1Br. The van der Waals surface area contributed by atoms with Crippen LogP contribution in [0.5, 0.6) is 0 Å². The third-order valence-electron chi connectivity index (χ3n) is 2.34. The van der Waals surface area contributed by atoms with E-state index in [0.29, 0.717) is 28.0 Å². The predicted octanol–water partition coefficient (Wildman–Crippen LogP) is 2.32. The maximum atomic E-state index is 11.7. The Hall–Kier alpha value is -0.530. The summed E-state index contributed by atoms with van der Waals surface area (Å²) in [6.07, 6.45) is 2.81. The number of aromatic nitrogens is 2. The molecule has 5 nitrogen and oxygen atoms in total. The number of nitrogens with one attached hydrogen (secondary N) is 1. The Kier molecular flexibility index (Phi) is 6.01. The number of amides is 1. The Morgan fingerprint density at radius 1 is 1.59 bits per heavy atom. The van der Waals surface area contributed by atoms with Crippen molar-refractivity contribution in [3.8, 4) is 0 Å². The van der Waals surface area contributed by atoms with E-state index in [9.17, 15) is 4.79 Å². The summed E-state index contributed by atoms with van der Waals surface area (Å²) in [7, 11) is 0. The van der Waals surface area contributed by atoms with E-state index in [-0.39, 0.29) is 11.8 Å². The van der Waals surface area contributed by atoms with Gasteiger partial charge >= 0.3 is 0 Å². The van der Waals surface area contributed by atoms with Crippen LogP contribution >= 0.6 is 31.9 Å². The van der Waals surface area contributed by atoms with Gasteiger partial charge in [-0.1, -0.05) is 13.3 Å². The van der Waals surface area contributed by atoms with Gasteiger partial charge in [0.25, 0.3) is 0 Å². The minimum atomic E-state index is -0.0976. The molecular weight excluding hydrogens is 352 g/mol. The van der Waals surface area contributed by atoms with Crippen molar-refractivity contribution < 1.29 is 4.79 Å². The molecule has 0 radical (unpaired) electrons. The van der Waals surface area contributed by atoms with Crippen LogP contribution in [0.25, 0.3) is 0 Å². The normalized spacial score (nSPS) is 12.2. The fourth-order valence-electron chi connectivity index (χ4n) is 1.27. The second kappa shape index (κ2) is 7.03. The molecule has 0 aromatic carbocycles. The lowest BCUT2D eigenvalue weighted by atomic mass is 10.0. The number of hydrogen-bond donors (Lipinski definition) is 2. The highest BCUT2D eigenvalue weighted by Gasteiger charge is 2.13. The van der Waals surface area contributed by atoms with Crippen molar-refractivity contribution >= 4 is 43.6 Å². The molecule has 0 saturated carbocycles. The van der Waals surface area contributed by atoms with Gasteiger partial charge in [0.2, 0.25) is 5.91 Å². The van der Waals surface area contributed by atoms with Crippen molar-refractivity contribution in [1.82, 2.24) is 9.97 Å². The van der Waals surface area contributed by atoms with E-state index in [0.717, 1.165) is 6.42 Å². The van der Waals surface area contributed by atoms with Gasteiger partial charge in [-0.15, -0.1) is 0 Å². The summed E-state index contributed by atoms with van der Waals surface area (Å²) in [5.41, 5.74) is 5.55. The van der Waals surface area contributed by atoms with Crippen molar-refractivity contribution in [1.29, 1.82) is 0 Å². The molecule has 1 atom stereocenters. The van der Waals surface area contributed by atoms with Crippen LogP contribution in [-0.4, -0.2) is 22.4 Å². The van der Waals surface area contributed by atoms with Gasteiger partial charge in [-0.25, -0.2) is 9.97 Å². The second-order valence-electron chi connectivity index (χ2n) is 3.59. The Bertz CT molecular complexity index is 396.